The number of hydrogen-bond donors (Lipinski definition) is 2. The lowest BCUT2D eigenvalue weighted by atomic mass is 10.1. The first-order chi connectivity index (χ1) is 17.2. The highest BCUT2D eigenvalue weighted by Crippen LogP contribution is 2.29. The second kappa shape index (κ2) is 10.7. The molecule has 2 aromatic heterocycles. The number of nitrogen functional groups attached to an aromatic ring is 1. The molecule has 3 N–H and O–H groups in total. The number of nitrogens with one attached hydrogen (secondary N) is 1. The zero-order chi connectivity index (χ0) is 24.0. The van der Waals surface area contributed by atoms with Gasteiger partial charge in [0.1, 0.15) is 5.82 Å². The Morgan fingerprint density at radius 3 is 2.54 bits per heavy atom. The Morgan fingerprint density at radius 1 is 0.971 bits per heavy atom. The van der Waals surface area contributed by atoms with Crippen LogP contribution < -0.4 is 16.0 Å². The van der Waals surface area contributed by atoms with E-state index in [1.165, 1.54) is 17.3 Å². The van der Waals surface area contributed by atoms with E-state index in [1.807, 2.05) is 48.5 Å². The van der Waals surface area contributed by atoms with E-state index in [1.54, 1.807) is 0 Å². The van der Waals surface area contributed by atoms with E-state index < -0.39 is 0 Å². The summed E-state index contributed by atoms with van der Waals surface area (Å²) in [6.07, 6.45) is 0.896. The van der Waals surface area contributed by atoms with Gasteiger partial charge in [-0.15, -0.1) is 10.2 Å². The van der Waals surface area contributed by atoms with Gasteiger partial charge in [-0.1, -0.05) is 55.1 Å². The van der Waals surface area contributed by atoms with Crippen LogP contribution >= 0.6 is 11.8 Å². The first-order valence-electron chi connectivity index (χ1n) is 11.5. The van der Waals surface area contributed by atoms with Gasteiger partial charge in [0.2, 0.25) is 17.8 Å². The van der Waals surface area contributed by atoms with Crippen molar-refractivity contribution in [1.82, 2.24) is 29.7 Å². The molecule has 180 valence electrons. The fraction of sp³-hybridized carbons (Fsp3) is 0.292. The molecule has 0 saturated carbocycles. The minimum Gasteiger partial charge on any atom is -0.378 e. The average Bonchev–Trinajstić information content (AvgIpc) is 3.32. The minimum absolute atomic E-state index is 0.172. The molecule has 0 amide bonds. The quantitative estimate of drug-likeness (QED) is 0.356. The van der Waals surface area contributed by atoms with E-state index in [4.69, 9.17) is 10.5 Å². The highest BCUT2D eigenvalue weighted by molar-refractivity contribution is 7.98. The summed E-state index contributed by atoms with van der Waals surface area (Å²) in [6.45, 7) is 5.00. The van der Waals surface area contributed by atoms with E-state index in [2.05, 4.69) is 52.9 Å². The largest absolute Gasteiger partial charge is 0.378 e. The van der Waals surface area contributed by atoms with E-state index in [0.29, 0.717) is 30.7 Å². The number of rotatable bonds is 8. The van der Waals surface area contributed by atoms with Crippen LogP contribution in [0.2, 0.25) is 0 Å². The molecular weight excluding hydrogens is 462 g/mol. The molecule has 0 spiro atoms. The number of ether oxygens (including phenoxy) is 1. The highest BCUT2D eigenvalue weighted by atomic mass is 32.2. The van der Waals surface area contributed by atoms with Gasteiger partial charge in [-0.2, -0.15) is 15.0 Å². The van der Waals surface area contributed by atoms with E-state index >= 15 is 0 Å². The van der Waals surface area contributed by atoms with Crippen molar-refractivity contribution < 1.29 is 4.74 Å². The van der Waals surface area contributed by atoms with Gasteiger partial charge in [0, 0.05) is 18.8 Å². The molecule has 11 heteroatoms. The van der Waals surface area contributed by atoms with Crippen LogP contribution in [0.5, 0.6) is 0 Å². The van der Waals surface area contributed by atoms with Crippen molar-refractivity contribution in [3.63, 3.8) is 0 Å². The Morgan fingerprint density at radius 2 is 1.74 bits per heavy atom. The van der Waals surface area contributed by atoms with Gasteiger partial charge in [-0.3, -0.25) is 4.57 Å². The lowest BCUT2D eigenvalue weighted by Gasteiger charge is -2.27. The first kappa shape index (κ1) is 23.1. The predicted molar refractivity (Wildman–Crippen MR) is 137 cm³/mol. The molecule has 0 unspecified atom stereocenters. The van der Waals surface area contributed by atoms with Crippen LogP contribution in [0.25, 0.3) is 5.69 Å². The van der Waals surface area contributed by atoms with Crippen molar-refractivity contribution >= 4 is 35.3 Å². The molecule has 4 aromatic rings. The Balaban J connectivity index is 1.39. The minimum atomic E-state index is 0.172. The summed E-state index contributed by atoms with van der Waals surface area (Å²) in [7, 11) is 0. The second-order valence-corrected chi connectivity index (χ2v) is 8.85. The molecule has 10 nitrogen and oxygen atoms in total. The van der Waals surface area contributed by atoms with Crippen molar-refractivity contribution in [2.45, 2.75) is 24.3 Å². The molecule has 3 heterocycles. The number of morpholine rings is 1. The standard InChI is InChI=1S/C24H27N9OS/c1-2-17-8-6-7-11-19(17)26-22-28-20(27-21(25)29-22)16-35-24-31-30-23(32-12-14-34-15-13-32)33(24)18-9-4-3-5-10-18/h3-11H,2,12-16H2,1H3,(H3,25,26,27,28,29). The monoisotopic (exact) mass is 489 g/mol. The zero-order valence-corrected chi connectivity index (χ0v) is 20.3. The van der Waals surface area contributed by atoms with Gasteiger partial charge in [-0.05, 0) is 30.2 Å². The number of anilines is 4. The number of aryl methyl sites for hydroxylation is 1. The number of aromatic nitrogens is 6. The number of nitrogens with two attached hydrogens (primary N) is 1. The van der Waals surface area contributed by atoms with Gasteiger partial charge in [-0.25, -0.2) is 0 Å². The maximum atomic E-state index is 6.01. The second-order valence-electron chi connectivity index (χ2n) is 7.91. The van der Waals surface area contributed by atoms with Crippen molar-refractivity contribution in [2.24, 2.45) is 0 Å². The highest BCUT2D eigenvalue weighted by Gasteiger charge is 2.22. The van der Waals surface area contributed by atoms with Crippen molar-refractivity contribution in [3.05, 3.63) is 66.0 Å². The molecule has 0 aliphatic carbocycles. The molecule has 0 radical (unpaired) electrons. The lowest BCUT2D eigenvalue weighted by Crippen LogP contribution is -2.37. The summed E-state index contributed by atoms with van der Waals surface area (Å²) in [5, 5.41) is 13.0. The Hall–Kier alpha value is -3.70. The molecule has 1 saturated heterocycles. The lowest BCUT2D eigenvalue weighted by molar-refractivity contribution is 0.122. The van der Waals surface area contributed by atoms with Crippen LogP contribution in [0.3, 0.4) is 0 Å². The number of hydrogen-bond acceptors (Lipinski definition) is 10. The third kappa shape index (κ3) is 5.36. The number of benzene rings is 2. The molecule has 2 aromatic carbocycles. The summed E-state index contributed by atoms with van der Waals surface area (Å²) in [5.74, 6) is 2.42. The molecular formula is C24H27N9OS. The van der Waals surface area contributed by atoms with Gasteiger partial charge >= 0.3 is 0 Å². The predicted octanol–water partition coefficient (Wildman–Crippen LogP) is 3.47. The molecule has 0 bridgehead atoms. The summed E-state index contributed by atoms with van der Waals surface area (Å²) in [4.78, 5) is 15.4. The molecule has 1 aliphatic heterocycles. The van der Waals surface area contributed by atoms with Crippen molar-refractivity contribution in [2.75, 3.05) is 42.3 Å². The van der Waals surface area contributed by atoms with Crippen LogP contribution in [0.15, 0.2) is 59.8 Å². The molecule has 35 heavy (non-hydrogen) atoms. The molecule has 5 rings (SSSR count). The maximum Gasteiger partial charge on any atom is 0.232 e. The van der Waals surface area contributed by atoms with E-state index in [0.717, 1.165) is 42.0 Å². The number of nitrogens with zero attached hydrogens (tertiary/aromatic N) is 7. The Bertz CT molecular complexity index is 1280. The number of para-hydroxylation sites is 2. The third-order valence-electron chi connectivity index (χ3n) is 5.60. The topological polar surface area (TPSA) is 120 Å². The maximum absolute atomic E-state index is 6.01. The summed E-state index contributed by atoms with van der Waals surface area (Å²) < 4.78 is 7.58. The fourth-order valence-corrected chi connectivity index (χ4v) is 4.69. The molecule has 1 aliphatic rings. The molecule has 0 atom stereocenters. The molecule has 1 fully saturated rings. The summed E-state index contributed by atoms with van der Waals surface area (Å²) in [6, 6.07) is 18.2. The fourth-order valence-electron chi connectivity index (χ4n) is 3.89. The average molecular weight is 490 g/mol. The van der Waals surface area contributed by atoms with E-state index in [9.17, 15) is 0 Å². The number of thioether (sulfide) groups is 1. The SMILES string of the molecule is CCc1ccccc1Nc1nc(N)nc(CSc2nnc(N3CCOCC3)n2-c2ccccc2)n1. The van der Waals surface area contributed by atoms with Gasteiger partial charge in [0.15, 0.2) is 5.16 Å². The normalized spacial score (nSPS) is 13.7. The van der Waals surface area contributed by atoms with E-state index in [-0.39, 0.29) is 5.95 Å². The van der Waals surface area contributed by atoms with Crippen LogP contribution in [-0.4, -0.2) is 56.0 Å². The van der Waals surface area contributed by atoms with Gasteiger partial charge < -0.3 is 20.7 Å². The smallest absolute Gasteiger partial charge is 0.232 e. The van der Waals surface area contributed by atoms with Crippen molar-refractivity contribution in [3.8, 4) is 5.69 Å². The van der Waals surface area contributed by atoms with Crippen LogP contribution in [0.4, 0.5) is 23.5 Å². The summed E-state index contributed by atoms with van der Waals surface area (Å²) >= 11 is 1.51. The zero-order valence-electron chi connectivity index (χ0n) is 19.5. The van der Waals surface area contributed by atoms with Crippen LogP contribution in [-0.2, 0) is 16.9 Å². The van der Waals surface area contributed by atoms with Gasteiger partial charge in [0.25, 0.3) is 0 Å². The third-order valence-corrected chi connectivity index (χ3v) is 6.52. The van der Waals surface area contributed by atoms with Crippen LogP contribution in [0.1, 0.15) is 18.3 Å². The Labute approximate surface area is 208 Å². The first-order valence-corrected chi connectivity index (χ1v) is 12.5. The summed E-state index contributed by atoms with van der Waals surface area (Å²) in [5.41, 5.74) is 9.14. The van der Waals surface area contributed by atoms with Gasteiger partial charge in [0.05, 0.1) is 24.7 Å². The van der Waals surface area contributed by atoms with Crippen LogP contribution in [0, 0.1) is 0 Å². The Kier molecular flexibility index (Phi) is 7.05. The van der Waals surface area contributed by atoms with Crippen molar-refractivity contribution in [1.29, 1.82) is 0 Å².